The molecule has 20 heavy (non-hydrogen) atoms. The molecule has 1 atom stereocenters. The molecule has 0 saturated carbocycles. The Labute approximate surface area is 115 Å². The van der Waals surface area contributed by atoms with Crippen molar-refractivity contribution in [1.82, 2.24) is 10.6 Å². The predicted molar refractivity (Wildman–Crippen MR) is 69.9 cm³/mol. The first-order valence-corrected chi connectivity index (χ1v) is 6.07. The molecule has 0 heterocycles. The number of aliphatic hydroxyl groups is 1. The minimum absolute atomic E-state index is 0.274. The van der Waals surface area contributed by atoms with Crippen LogP contribution in [-0.4, -0.2) is 41.4 Å². The molecular formula is C13H17FN2O4. The normalized spacial score (nSPS) is 11.8. The number of nitrogens with one attached hydrogen (secondary N) is 2. The van der Waals surface area contributed by atoms with Crippen molar-refractivity contribution >= 4 is 12.0 Å². The zero-order valence-corrected chi connectivity index (χ0v) is 11.0. The van der Waals surface area contributed by atoms with Gasteiger partial charge < -0.3 is 20.8 Å². The molecule has 0 unspecified atom stereocenters. The first kappa shape index (κ1) is 15.9. The van der Waals surface area contributed by atoms with Crippen molar-refractivity contribution < 1.29 is 24.2 Å². The van der Waals surface area contributed by atoms with Crippen LogP contribution >= 0.6 is 0 Å². The van der Waals surface area contributed by atoms with Gasteiger partial charge in [-0.15, -0.1) is 0 Å². The molecule has 7 heteroatoms. The maximum absolute atomic E-state index is 12.9. The van der Waals surface area contributed by atoms with Gasteiger partial charge in [0.25, 0.3) is 0 Å². The summed E-state index contributed by atoms with van der Waals surface area (Å²) in [5.74, 6) is -1.62. The van der Waals surface area contributed by atoms with Crippen LogP contribution in [0.5, 0.6) is 0 Å². The van der Waals surface area contributed by atoms with Crippen molar-refractivity contribution in [2.45, 2.75) is 19.4 Å². The van der Waals surface area contributed by atoms with Crippen molar-refractivity contribution in [2.75, 3.05) is 13.2 Å². The highest BCUT2D eigenvalue weighted by Gasteiger charge is 2.18. The molecular weight excluding hydrogens is 267 g/mol. The Kier molecular flexibility index (Phi) is 5.92. The van der Waals surface area contributed by atoms with E-state index in [2.05, 4.69) is 10.6 Å². The van der Waals surface area contributed by atoms with Crippen LogP contribution in [0.1, 0.15) is 11.1 Å². The molecule has 0 aromatic heterocycles. The van der Waals surface area contributed by atoms with E-state index in [0.29, 0.717) is 6.42 Å². The first-order valence-electron chi connectivity index (χ1n) is 6.07. The maximum atomic E-state index is 12.9. The second kappa shape index (κ2) is 7.44. The Morgan fingerprint density at radius 2 is 2.10 bits per heavy atom. The summed E-state index contributed by atoms with van der Waals surface area (Å²) < 4.78 is 12.9. The number of carboxylic acid groups (broad SMARTS) is 1. The van der Waals surface area contributed by atoms with E-state index in [4.69, 9.17) is 10.2 Å². The molecule has 4 N–H and O–H groups in total. The van der Waals surface area contributed by atoms with Gasteiger partial charge in [0.15, 0.2) is 6.04 Å². The lowest BCUT2D eigenvalue weighted by Gasteiger charge is -2.13. The van der Waals surface area contributed by atoms with E-state index in [1.807, 2.05) is 0 Å². The standard InChI is InChI=1S/C13H17FN2O4/c1-8-6-10(14)3-2-9(8)4-5-15-13(20)16-11(7-17)12(18)19/h2-3,6,11,17H,4-5,7H2,1H3,(H,18,19)(H2,15,16,20)/t11-/m0/s1. The van der Waals surface area contributed by atoms with E-state index in [9.17, 15) is 14.0 Å². The van der Waals surface area contributed by atoms with Crippen LogP contribution in [0.4, 0.5) is 9.18 Å². The van der Waals surface area contributed by atoms with Crippen molar-refractivity contribution in [3.05, 3.63) is 35.1 Å². The van der Waals surface area contributed by atoms with E-state index in [0.717, 1.165) is 11.1 Å². The largest absolute Gasteiger partial charge is 0.480 e. The van der Waals surface area contributed by atoms with Gasteiger partial charge in [-0.05, 0) is 36.6 Å². The number of aliphatic carboxylic acids is 1. The van der Waals surface area contributed by atoms with Crippen molar-refractivity contribution in [1.29, 1.82) is 0 Å². The number of halogens is 1. The molecule has 0 aliphatic carbocycles. The number of hydrogen-bond acceptors (Lipinski definition) is 3. The molecule has 0 radical (unpaired) electrons. The summed E-state index contributed by atoms with van der Waals surface area (Å²) in [5, 5.41) is 22.0. The van der Waals surface area contributed by atoms with Crippen LogP contribution in [0, 0.1) is 12.7 Å². The van der Waals surface area contributed by atoms with Crippen LogP contribution < -0.4 is 10.6 Å². The number of aliphatic hydroxyl groups excluding tert-OH is 1. The summed E-state index contributed by atoms with van der Waals surface area (Å²) >= 11 is 0. The predicted octanol–water partition coefficient (Wildman–Crippen LogP) is 0.421. The Bertz CT molecular complexity index is 493. The first-order chi connectivity index (χ1) is 9.43. The third-order valence-electron chi connectivity index (χ3n) is 2.77. The SMILES string of the molecule is Cc1cc(F)ccc1CCNC(=O)N[C@@H](CO)C(=O)O. The van der Waals surface area contributed by atoms with Crippen molar-refractivity contribution in [3.8, 4) is 0 Å². The number of urea groups is 1. The second-order valence-electron chi connectivity index (χ2n) is 4.29. The number of carbonyl (C=O) groups excluding carboxylic acids is 1. The zero-order chi connectivity index (χ0) is 15.1. The lowest BCUT2D eigenvalue weighted by Crippen LogP contribution is -2.48. The number of aryl methyl sites for hydroxylation is 1. The van der Waals surface area contributed by atoms with E-state index < -0.39 is 24.6 Å². The highest BCUT2D eigenvalue weighted by molar-refractivity contribution is 5.82. The minimum Gasteiger partial charge on any atom is -0.480 e. The van der Waals surface area contributed by atoms with Gasteiger partial charge in [-0.3, -0.25) is 0 Å². The number of carboxylic acids is 1. The summed E-state index contributed by atoms with van der Waals surface area (Å²) in [6.07, 6.45) is 0.496. The highest BCUT2D eigenvalue weighted by Crippen LogP contribution is 2.10. The molecule has 0 bridgehead atoms. The molecule has 1 aromatic carbocycles. The van der Waals surface area contributed by atoms with Gasteiger partial charge in [0.2, 0.25) is 0 Å². The molecule has 0 saturated heterocycles. The fraction of sp³-hybridized carbons (Fsp3) is 0.385. The smallest absolute Gasteiger partial charge is 0.328 e. The summed E-state index contributed by atoms with van der Waals surface area (Å²) in [6.45, 7) is 1.36. The summed E-state index contributed by atoms with van der Waals surface area (Å²) in [4.78, 5) is 22.0. The lowest BCUT2D eigenvalue weighted by molar-refractivity contribution is -0.140. The summed E-state index contributed by atoms with van der Waals surface area (Å²) in [5.41, 5.74) is 1.68. The third-order valence-corrected chi connectivity index (χ3v) is 2.77. The zero-order valence-electron chi connectivity index (χ0n) is 11.0. The van der Waals surface area contributed by atoms with Crippen LogP contribution in [-0.2, 0) is 11.2 Å². The van der Waals surface area contributed by atoms with Gasteiger partial charge in [-0.2, -0.15) is 0 Å². The summed E-state index contributed by atoms with van der Waals surface area (Å²) in [7, 11) is 0. The fourth-order valence-electron chi connectivity index (χ4n) is 1.65. The molecule has 1 rings (SSSR count). The molecule has 0 spiro atoms. The van der Waals surface area contributed by atoms with Gasteiger partial charge in [0.1, 0.15) is 5.82 Å². The van der Waals surface area contributed by atoms with Crippen molar-refractivity contribution in [3.63, 3.8) is 0 Å². The fourth-order valence-corrected chi connectivity index (χ4v) is 1.65. The highest BCUT2D eigenvalue weighted by atomic mass is 19.1. The van der Waals surface area contributed by atoms with E-state index in [1.54, 1.807) is 13.0 Å². The Hall–Kier alpha value is -2.15. The summed E-state index contributed by atoms with van der Waals surface area (Å²) in [6, 6.07) is 2.38. The average molecular weight is 284 g/mol. The molecule has 2 amide bonds. The number of carbonyl (C=O) groups is 2. The van der Waals surface area contributed by atoms with Crippen LogP contribution in [0.15, 0.2) is 18.2 Å². The van der Waals surface area contributed by atoms with Crippen LogP contribution in [0.25, 0.3) is 0 Å². The van der Waals surface area contributed by atoms with Gasteiger partial charge in [-0.1, -0.05) is 6.07 Å². The molecule has 1 aromatic rings. The van der Waals surface area contributed by atoms with Gasteiger partial charge in [0, 0.05) is 6.54 Å². The topological polar surface area (TPSA) is 98.7 Å². The van der Waals surface area contributed by atoms with E-state index >= 15 is 0 Å². The Morgan fingerprint density at radius 3 is 2.65 bits per heavy atom. The van der Waals surface area contributed by atoms with Crippen molar-refractivity contribution in [2.24, 2.45) is 0 Å². The Morgan fingerprint density at radius 1 is 1.40 bits per heavy atom. The number of hydrogen-bond donors (Lipinski definition) is 4. The average Bonchev–Trinajstić information content (AvgIpc) is 2.38. The second-order valence-corrected chi connectivity index (χ2v) is 4.29. The van der Waals surface area contributed by atoms with Crippen LogP contribution in [0.3, 0.4) is 0 Å². The van der Waals surface area contributed by atoms with Gasteiger partial charge >= 0.3 is 12.0 Å². The minimum atomic E-state index is -1.33. The number of benzene rings is 1. The molecule has 0 fully saturated rings. The maximum Gasteiger partial charge on any atom is 0.328 e. The number of rotatable bonds is 6. The Balaban J connectivity index is 2.40. The quantitative estimate of drug-likeness (QED) is 0.608. The van der Waals surface area contributed by atoms with Crippen LogP contribution in [0.2, 0.25) is 0 Å². The van der Waals surface area contributed by atoms with Gasteiger partial charge in [-0.25, -0.2) is 14.0 Å². The monoisotopic (exact) mass is 284 g/mol. The van der Waals surface area contributed by atoms with E-state index in [-0.39, 0.29) is 12.4 Å². The van der Waals surface area contributed by atoms with Gasteiger partial charge in [0.05, 0.1) is 6.61 Å². The number of amides is 2. The molecule has 110 valence electrons. The molecule has 0 aliphatic rings. The lowest BCUT2D eigenvalue weighted by atomic mass is 10.1. The third kappa shape index (κ3) is 4.85. The van der Waals surface area contributed by atoms with E-state index in [1.165, 1.54) is 12.1 Å². The molecule has 0 aliphatic heterocycles. The molecule has 6 nitrogen and oxygen atoms in total.